The summed E-state index contributed by atoms with van der Waals surface area (Å²) in [6.45, 7) is 8.28. The van der Waals surface area contributed by atoms with Crippen molar-refractivity contribution in [2.75, 3.05) is 66.6 Å². The van der Waals surface area contributed by atoms with Crippen LogP contribution in [0.2, 0.25) is 0 Å². The van der Waals surface area contributed by atoms with Crippen molar-refractivity contribution in [1.29, 1.82) is 0 Å². The Morgan fingerprint density at radius 3 is 1.56 bits per heavy atom. The van der Waals surface area contributed by atoms with Gasteiger partial charge in [0.15, 0.2) is 23.0 Å². The van der Waals surface area contributed by atoms with E-state index in [4.69, 9.17) is 28.4 Å². The lowest BCUT2D eigenvalue weighted by atomic mass is 9.85. The molecule has 6 aliphatic rings. The van der Waals surface area contributed by atoms with Crippen LogP contribution in [0, 0.1) is 5.92 Å². The van der Waals surface area contributed by atoms with E-state index in [1.54, 1.807) is 0 Å². The molecular formula is C56H74N2O6. The van der Waals surface area contributed by atoms with Gasteiger partial charge in [-0.3, -0.25) is 0 Å². The van der Waals surface area contributed by atoms with E-state index in [2.05, 4.69) is 65.4 Å². The summed E-state index contributed by atoms with van der Waals surface area (Å²) in [5, 5.41) is 0. The van der Waals surface area contributed by atoms with Crippen molar-refractivity contribution >= 4 is 0 Å². The molecule has 8 nitrogen and oxygen atoms in total. The molecule has 3 aliphatic carbocycles. The first-order valence-corrected chi connectivity index (χ1v) is 25.4. The molecule has 2 fully saturated rings. The molecule has 0 spiro atoms. The Bertz CT molecular complexity index is 2120. The highest BCUT2D eigenvalue weighted by Gasteiger charge is 2.23. The van der Waals surface area contributed by atoms with Crippen LogP contribution in [-0.4, -0.2) is 76.4 Å². The zero-order chi connectivity index (χ0) is 43.3. The molecule has 4 aromatic carbocycles. The first-order chi connectivity index (χ1) is 31.7. The first-order valence-electron chi connectivity index (χ1n) is 25.4. The predicted molar refractivity (Wildman–Crippen MR) is 258 cm³/mol. The van der Waals surface area contributed by atoms with Gasteiger partial charge in [0.2, 0.25) is 13.6 Å². The third kappa shape index (κ3) is 11.5. The number of piperazine rings is 1. The second-order valence-electron chi connectivity index (χ2n) is 19.3. The van der Waals surface area contributed by atoms with Crippen molar-refractivity contribution in [3.63, 3.8) is 0 Å². The largest absolute Gasteiger partial charge is 0.493 e. The lowest BCUT2D eigenvalue weighted by Gasteiger charge is -2.32. The molecule has 0 bridgehead atoms. The summed E-state index contributed by atoms with van der Waals surface area (Å²) >= 11 is 0. The topological polar surface area (TPSA) is 61.9 Å². The molecule has 0 amide bonds. The highest BCUT2D eigenvalue weighted by Crippen LogP contribution is 2.43. The van der Waals surface area contributed by atoms with Crippen LogP contribution in [-0.2, 0) is 25.7 Å². The highest BCUT2D eigenvalue weighted by atomic mass is 16.7. The molecule has 0 atom stereocenters. The number of nitrogens with zero attached hydrogens (tertiary/aromatic N) is 2. The maximum atomic E-state index is 6.33. The van der Waals surface area contributed by atoms with E-state index in [-0.39, 0.29) is 0 Å². The van der Waals surface area contributed by atoms with Crippen molar-refractivity contribution in [1.82, 2.24) is 9.80 Å². The van der Waals surface area contributed by atoms with E-state index in [0.717, 1.165) is 85.7 Å². The van der Waals surface area contributed by atoms with E-state index < -0.39 is 0 Å². The minimum absolute atomic E-state index is 0.318. The average Bonchev–Trinajstić information content (AvgIpc) is 4.03. The Balaban J connectivity index is 0.000000162. The van der Waals surface area contributed by atoms with Crippen LogP contribution in [0.5, 0.6) is 34.5 Å². The SMILES string of the molecule is CN1CCN(CCCCOc2ccc(-c3ccc4c(c3)OCO4)c3c2CCCC3)CC1.c1cc2c(cc1-c1ccc(OCCCCCCCC3CCCCC3)c3c1CCCC3)OCO2. The Morgan fingerprint density at radius 2 is 0.984 bits per heavy atom. The van der Waals surface area contributed by atoms with Gasteiger partial charge in [-0.05, 0) is 171 Å². The molecule has 0 unspecified atom stereocenters. The number of likely N-dealkylation sites (N-methyl/N-ethyl adjacent to an activating group) is 1. The fourth-order valence-corrected chi connectivity index (χ4v) is 11.0. The molecule has 3 heterocycles. The normalized spacial score (nSPS) is 18.2. The summed E-state index contributed by atoms with van der Waals surface area (Å²) in [5.74, 6) is 6.65. The zero-order valence-electron chi connectivity index (χ0n) is 38.9. The monoisotopic (exact) mass is 871 g/mol. The van der Waals surface area contributed by atoms with Gasteiger partial charge in [0, 0.05) is 26.2 Å². The van der Waals surface area contributed by atoms with E-state index in [1.165, 1.54) is 180 Å². The predicted octanol–water partition coefficient (Wildman–Crippen LogP) is 12.6. The number of hydrogen-bond donors (Lipinski definition) is 0. The fourth-order valence-electron chi connectivity index (χ4n) is 11.0. The van der Waals surface area contributed by atoms with Gasteiger partial charge in [-0.2, -0.15) is 0 Å². The fraction of sp³-hybridized carbons (Fsp3) is 0.571. The molecule has 344 valence electrons. The molecule has 10 rings (SSSR count). The van der Waals surface area contributed by atoms with Crippen LogP contribution in [0.25, 0.3) is 22.3 Å². The van der Waals surface area contributed by atoms with E-state index in [9.17, 15) is 0 Å². The van der Waals surface area contributed by atoms with Crippen molar-refractivity contribution in [2.45, 2.75) is 135 Å². The summed E-state index contributed by atoms with van der Waals surface area (Å²) in [6.07, 6.45) is 27.4. The number of benzene rings is 4. The molecule has 0 radical (unpaired) electrons. The second-order valence-corrected chi connectivity index (χ2v) is 19.3. The molecule has 64 heavy (non-hydrogen) atoms. The molecule has 1 saturated heterocycles. The lowest BCUT2D eigenvalue weighted by Crippen LogP contribution is -2.44. The summed E-state index contributed by atoms with van der Waals surface area (Å²) in [6, 6.07) is 21.5. The molecule has 0 N–H and O–H groups in total. The Kier molecular flexibility index (Phi) is 15.9. The van der Waals surface area contributed by atoms with E-state index in [0.29, 0.717) is 13.6 Å². The number of ether oxygens (including phenoxy) is 6. The Morgan fingerprint density at radius 1 is 0.484 bits per heavy atom. The van der Waals surface area contributed by atoms with Gasteiger partial charge in [0.1, 0.15) is 11.5 Å². The van der Waals surface area contributed by atoms with Gasteiger partial charge < -0.3 is 38.2 Å². The standard InChI is InChI=1S/C30H40O3.C26H34N2O3/c1(2-5-11-23-12-6-4-7-13-23)3-10-20-31-28-19-17-25(26-14-8-9-15-27(26)28)24-16-18-29-30(21-24)33-22-32-29;1-27-13-15-28(16-14-27)12-4-5-17-29-24-11-9-21(22-6-2-3-7-23(22)24)20-8-10-25-26(18-20)31-19-30-25/h16-19,21,23H,1-15,20,22H2;8-11,18H,2-7,12-17,19H2,1H3. The van der Waals surface area contributed by atoms with Crippen molar-refractivity contribution in [2.24, 2.45) is 5.92 Å². The zero-order valence-corrected chi connectivity index (χ0v) is 38.9. The third-order valence-corrected chi connectivity index (χ3v) is 14.8. The molecule has 8 heteroatoms. The summed E-state index contributed by atoms with van der Waals surface area (Å²) in [5.41, 5.74) is 10.9. The van der Waals surface area contributed by atoms with Crippen molar-refractivity contribution < 1.29 is 28.4 Å². The van der Waals surface area contributed by atoms with Gasteiger partial charge in [0.05, 0.1) is 13.2 Å². The minimum atomic E-state index is 0.318. The van der Waals surface area contributed by atoms with Gasteiger partial charge in [-0.15, -0.1) is 0 Å². The van der Waals surface area contributed by atoms with Crippen LogP contribution in [0.1, 0.15) is 131 Å². The average molecular weight is 871 g/mol. The van der Waals surface area contributed by atoms with Crippen LogP contribution < -0.4 is 28.4 Å². The number of fused-ring (bicyclic) bond motifs is 4. The van der Waals surface area contributed by atoms with Gasteiger partial charge in [-0.25, -0.2) is 0 Å². The number of rotatable bonds is 17. The van der Waals surface area contributed by atoms with Gasteiger partial charge >= 0.3 is 0 Å². The Labute approximate surface area is 383 Å². The summed E-state index contributed by atoms with van der Waals surface area (Å²) in [4.78, 5) is 5.00. The van der Waals surface area contributed by atoms with Crippen molar-refractivity contribution in [3.05, 3.63) is 82.9 Å². The van der Waals surface area contributed by atoms with Crippen molar-refractivity contribution in [3.8, 4) is 56.8 Å². The number of hydrogen-bond acceptors (Lipinski definition) is 8. The van der Waals surface area contributed by atoms with Crippen LogP contribution in [0.3, 0.4) is 0 Å². The van der Waals surface area contributed by atoms with Crippen LogP contribution in [0.15, 0.2) is 60.7 Å². The van der Waals surface area contributed by atoms with E-state index in [1.807, 2.05) is 12.1 Å². The molecular weight excluding hydrogens is 797 g/mol. The highest BCUT2D eigenvalue weighted by molar-refractivity contribution is 5.75. The van der Waals surface area contributed by atoms with Crippen LogP contribution >= 0.6 is 0 Å². The first kappa shape index (κ1) is 44.8. The summed E-state index contributed by atoms with van der Waals surface area (Å²) < 4.78 is 34.8. The third-order valence-electron chi connectivity index (χ3n) is 14.8. The van der Waals surface area contributed by atoms with Crippen LogP contribution in [0.4, 0.5) is 0 Å². The second kappa shape index (κ2) is 22.7. The quantitative estimate of drug-likeness (QED) is 0.0973. The lowest BCUT2D eigenvalue weighted by molar-refractivity contribution is 0.149. The maximum Gasteiger partial charge on any atom is 0.231 e. The molecule has 4 aromatic rings. The Hall–Kier alpha value is -4.40. The minimum Gasteiger partial charge on any atom is -0.493 e. The molecule has 1 saturated carbocycles. The smallest absolute Gasteiger partial charge is 0.231 e. The summed E-state index contributed by atoms with van der Waals surface area (Å²) in [7, 11) is 2.21. The maximum absolute atomic E-state index is 6.33. The van der Waals surface area contributed by atoms with Gasteiger partial charge in [-0.1, -0.05) is 88.5 Å². The molecule has 0 aromatic heterocycles. The molecule has 3 aliphatic heterocycles. The number of unbranched alkanes of at least 4 members (excludes halogenated alkanes) is 5. The van der Waals surface area contributed by atoms with E-state index >= 15 is 0 Å². The van der Waals surface area contributed by atoms with Gasteiger partial charge in [0.25, 0.3) is 0 Å².